The zero-order chi connectivity index (χ0) is 9.84. The summed E-state index contributed by atoms with van der Waals surface area (Å²) in [5.41, 5.74) is 0. The van der Waals surface area contributed by atoms with Crippen LogP contribution in [-0.2, 0) is 0 Å². The molecule has 1 aromatic rings. The van der Waals surface area contributed by atoms with Crippen LogP contribution in [0.4, 0.5) is 0 Å². The quantitative estimate of drug-likeness (QED) is 0.720. The molecule has 1 heterocycles. The molecule has 70 valence electrons. The third-order valence-corrected chi connectivity index (χ3v) is 2.34. The van der Waals surface area contributed by atoms with Gasteiger partial charge in [-0.05, 0) is 11.6 Å². The van der Waals surface area contributed by atoms with Crippen molar-refractivity contribution < 1.29 is 4.79 Å². The van der Waals surface area contributed by atoms with Crippen LogP contribution in [0, 0.1) is 0 Å². The van der Waals surface area contributed by atoms with E-state index in [1.807, 2.05) is 0 Å². The molecule has 0 bridgehead atoms. The Morgan fingerprint density at radius 3 is 2.92 bits per heavy atom. The van der Waals surface area contributed by atoms with E-state index in [9.17, 15) is 4.79 Å². The minimum Gasteiger partial charge on any atom is -0.336 e. The van der Waals surface area contributed by atoms with Gasteiger partial charge in [-0.1, -0.05) is 17.4 Å². The lowest BCUT2D eigenvalue weighted by atomic mass is 10.5. The number of carbonyl (C=O) groups is 1. The highest BCUT2D eigenvalue weighted by Gasteiger charge is 2.15. The molecule has 0 unspecified atom stereocenters. The fourth-order valence-corrected chi connectivity index (χ4v) is 1.55. The largest absolute Gasteiger partial charge is 0.336 e. The second-order valence-electron chi connectivity index (χ2n) is 2.33. The first-order valence-electron chi connectivity index (χ1n) is 3.50. The SMILES string of the molecule is C=CCN(C)C(=O)c1nnc(Cl)s1. The predicted octanol–water partition coefficient (Wildman–Crippen LogP) is 1.45. The van der Waals surface area contributed by atoms with Gasteiger partial charge in [-0.3, -0.25) is 4.79 Å². The Morgan fingerprint density at radius 1 is 1.77 bits per heavy atom. The predicted molar refractivity (Wildman–Crippen MR) is 52.1 cm³/mol. The van der Waals surface area contributed by atoms with Gasteiger partial charge in [0.2, 0.25) is 9.47 Å². The maximum absolute atomic E-state index is 11.5. The molecule has 6 heteroatoms. The number of nitrogens with zero attached hydrogens (tertiary/aromatic N) is 3. The maximum Gasteiger partial charge on any atom is 0.284 e. The van der Waals surface area contributed by atoms with Gasteiger partial charge >= 0.3 is 0 Å². The van der Waals surface area contributed by atoms with E-state index in [1.54, 1.807) is 13.1 Å². The Kier molecular flexibility index (Phi) is 3.39. The standard InChI is InChI=1S/C7H8ClN3OS/c1-3-4-11(2)6(12)5-9-10-7(8)13-5/h3H,1,4H2,2H3. The molecular formula is C7H8ClN3OS. The molecule has 0 saturated carbocycles. The van der Waals surface area contributed by atoms with Crippen molar-refractivity contribution in [2.45, 2.75) is 0 Å². The van der Waals surface area contributed by atoms with E-state index in [2.05, 4.69) is 16.8 Å². The summed E-state index contributed by atoms with van der Waals surface area (Å²) >= 11 is 6.61. The number of halogens is 1. The second-order valence-corrected chi connectivity index (χ2v) is 3.89. The van der Waals surface area contributed by atoms with E-state index in [0.29, 0.717) is 11.6 Å². The lowest BCUT2D eigenvalue weighted by Crippen LogP contribution is -2.26. The highest BCUT2D eigenvalue weighted by Crippen LogP contribution is 2.15. The molecule has 0 aliphatic carbocycles. The number of hydrogen-bond donors (Lipinski definition) is 0. The first-order valence-corrected chi connectivity index (χ1v) is 4.70. The van der Waals surface area contributed by atoms with Crippen LogP contribution in [0.25, 0.3) is 0 Å². The summed E-state index contributed by atoms with van der Waals surface area (Å²) in [5, 5.41) is 7.47. The van der Waals surface area contributed by atoms with Crippen molar-refractivity contribution in [3.05, 3.63) is 22.1 Å². The van der Waals surface area contributed by atoms with Crippen LogP contribution < -0.4 is 0 Å². The maximum atomic E-state index is 11.5. The number of aromatic nitrogens is 2. The molecule has 0 aliphatic heterocycles. The highest BCUT2D eigenvalue weighted by atomic mass is 35.5. The minimum absolute atomic E-state index is 0.190. The zero-order valence-corrected chi connectivity index (χ0v) is 8.60. The minimum atomic E-state index is -0.190. The first kappa shape index (κ1) is 10.1. The number of hydrogen-bond acceptors (Lipinski definition) is 4. The fraction of sp³-hybridized carbons (Fsp3) is 0.286. The van der Waals surface area contributed by atoms with Gasteiger partial charge in [-0.25, -0.2) is 0 Å². The van der Waals surface area contributed by atoms with Crippen LogP contribution in [0.5, 0.6) is 0 Å². The lowest BCUT2D eigenvalue weighted by Gasteiger charge is -2.11. The van der Waals surface area contributed by atoms with E-state index in [0.717, 1.165) is 11.3 Å². The van der Waals surface area contributed by atoms with Crippen molar-refractivity contribution in [2.75, 3.05) is 13.6 Å². The number of carbonyl (C=O) groups excluding carboxylic acids is 1. The molecule has 0 aliphatic rings. The zero-order valence-electron chi connectivity index (χ0n) is 7.03. The average Bonchev–Trinajstić information content (AvgIpc) is 2.51. The van der Waals surface area contributed by atoms with Gasteiger partial charge in [0.25, 0.3) is 5.91 Å². The molecule has 0 N–H and O–H groups in total. The Balaban J connectivity index is 2.73. The van der Waals surface area contributed by atoms with Gasteiger partial charge in [0.15, 0.2) is 0 Å². The fourth-order valence-electron chi connectivity index (χ4n) is 0.732. The van der Waals surface area contributed by atoms with Crippen LogP contribution in [-0.4, -0.2) is 34.6 Å². The number of likely N-dealkylation sites (N-methyl/N-ethyl adjacent to an activating group) is 1. The molecule has 0 atom stereocenters. The van der Waals surface area contributed by atoms with Gasteiger partial charge in [0.1, 0.15) is 0 Å². The molecule has 4 nitrogen and oxygen atoms in total. The summed E-state index contributed by atoms with van der Waals surface area (Å²) in [7, 11) is 1.67. The Morgan fingerprint density at radius 2 is 2.46 bits per heavy atom. The first-order chi connectivity index (χ1) is 6.15. The molecule has 13 heavy (non-hydrogen) atoms. The molecular weight excluding hydrogens is 210 g/mol. The third-order valence-electron chi connectivity index (χ3n) is 1.33. The van der Waals surface area contributed by atoms with Crippen molar-refractivity contribution in [3.8, 4) is 0 Å². The van der Waals surface area contributed by atoms with E-state index in [-0.39, 0.29) is 10.4 Å². The van der Waals surface area contributed by atoms with E-state index in [4.69, 9.17) is 11.6 Å². The summed E-state index contributed by atoms with van der Waals surface area (Å²) < 4.78 is 0.273. The molecule has 0 fully saturated rings. The van der Waals surface area contributed by atoms with Crippen molar-refractivity contribution in [1.29, 1.82) is 0 Å². The van der Waals surface area contributed by atoms with Crippen molar-refractivity contribution in [1.82, 2.24) is 15.1 Å². The Labute approximate surface area is 84.8 Å². The number of amides is 1. The van der Waals surface area contributed by atoms with Crippen LogP contribution in [0.1, 0.15) is 9.80 Å². The van der Waals surface area contributed by atoms with E-state index >= 15 is 0 Å². The van der Waals surface area contributed by atoms with Gasteiger partial charge < -0.3 is 4.90 Å². The van der Waals surface area contributed by atoms with Crippen LogP contribution >= 0.6 is 22.9 Å². The molecule has 0 aromatic carbocycles. The topological polar surface area (TPSA) is 46.1 Å². The molecule has 0 saturated heterocycles. The Bertz CT molecular complexity index is 325. The molecule has 0 spiro atoms. The monoisotopic (exact) mass is 217 g/mol. The summed E-state index contributed by atoms with van der Waals surface area (Å²) in [6.45, 7) is 4.01. The average molecular weight is 218 g/mol. The van der Waals surface area contributed by atoms with Gasteiger partial charge in [-0.15, -0.1) is 16.8 Å². The second kappa shape index (κ2) is 4.34. The van der Waals surface area contributed by atoms with Gasteiger partial charge in [0.05, 0.1) is 0 Å². The van der Waals surface area contributed by atoms with E-state index in [1.165, 1.54) is 4.90 Å². The molecule has 0 radical (unpaired) electrons. The van der Waals surface area contributed by atoms with Crippen LogP contribution in [0.3, 0.4) is 0 Å². The normalized spacial score (nSPS) is 9.69. The molecule has 1 amide bonds. The summed E-state index contributed by atoms with van der Waals surface area (Å²) in [6.07, 6.45) is 1.64. The number of rotatable bonds is 3. The van der Waals surface area contributed by atoms with Crippen molar-refractivity contribution >= 4 is 28.8 Å². The van der Waals surface area contributed by atoms with Gasteiger partial charge in [0, 0.05) is 13.6 Å². The summed E-state index contributed by atoms with van der Waals surface area (Å²) in [5.74, 6) is -0.190. The van der Waals surface area contributed by atoms with Gasteiger partial charge in [-0.2, -0.15) is 0 Å². The summed E-state index contributed by atoms with van der Waals surface area (Å²) in [6, 6.07) is 0. The van der Waals surface area contributed by atoms with E-state index < -0.39 is 0 Å². The van der Waals surface area contributed by atoms with Crippen molar-refractivity contribution in [3.63, 3.8) is 0 Å². The Hall–Kier alpha value is -0.940. The highest BCUT2D eigenvalue weighted by molar-refractivity contribution is 7.17. The smallest absolute Gasteiger partial charge is 0.284 e. The third kappa shape index (κ3) is 2.50. The lowest BCUT2D eigenvalue weighted by molar-refractivity contribution is 0.0809. The molecule has 1 aromatic heterocycles. The van der Waals surface area contributed by atoms with Crippen LogP contribution in [0.15, 0.2) is 12.7 Å². The van der Waals surface area contributed by atoms with Crippen molar-refractivity contribution in [2.24, 2.45) is 0 Å². The van der Waals surface area contributed by atoms with Crippen LogP contribution in [0.2, 0.25) is 4.47 Å². The summed E-state index contributed by atoms with van der Waals surface area (Å²) in [4.78, 5) is 13.0. The molecule has 1 rings (SSSR count).